The predicted molar refractivity (Wildman–Crippen MR) is 66.6 cm³/mol. The van der Waals surface area contributed by atoms with Gasteiger partial charge in [0, 0.05) is 12.1 Å². The molecule has 1 aromatic carbocycles. The summed E-state index contributed by atoms with van der Waals surface area (Å²) in [4.78, 5) is 33.1. The number of carboxylic acids is 2. The number of hydrogen-bond donors (Lipinski definition) is 4. The van der Waals surface area contributed by atoms with E-state index < -0.39 is 36.1 Å². The summed E-state index contributed by atoms with van der Waals surface area (Å²) in [6.07, 6.45) is -0.707. The van der Waals surface area contributed by atoms with Crippen molar-refractivity contribution in [2.75, 3.05) is 5.73 Å². The van der Waals surface area contributed by atoms with Crippen molar-refractivity contribution in [2.45, 2.75) is 18.9 Å². The molecular weight excluding hydrogens is 271 g/mol. The van der Waals surface area contributed by atoms with E-state index in [4.69, 9.17) is 15.9 Å². The van der Waals surface area contributed by atoms with Crippen LogP contribution in [0.5, 0.6) is 0 Å². The van der Waals surface area contributed by atoms with Crippen molar-refractivity contribution in [2.24, 2.45) is 0 Å². The largest absolute Gasteiger partial charge is 0.481 e. The van der Waals surface area contributed by atoms with Crippen molar-refractivity contribution < 1.29 is 29.0 Å². The van der Waals surface area contributed by atoms with E-state index in [2.05, 4.69) is 5.32 Å². The van der Waals surface area contributed by atoms with E-state index in [1.807, 2.05) is 0 Å². The summed E-state index contributed by atoms with van der Waals surface area (Å²) in [5.74, 6) is -4.13. The number of carboxylic acid groups (broad SMARTS) is 2. The molecule has 20 heavy (non-hydrogen) atoms. The SMILES string of the molecule is Nc1ccc(F)cc1C(=O)N[C@@H](CCC(=O)O)C(=O)O. The van der Waals surface area contributed by atoms with Crippen LogP contribution in [-0.2, 0) is 9.59 Å². The number of hydrogen-bond acceptors (Lipinski definition) is 4. The summed E-state index contributed by atoms with van der Waals surface area (Å²) in [7, 11) is 0. The standard InChI is InChI=1S/C12H13FN2O5/c13-6-1-2-8(14)7(5-6)11(18)15-9(12(19)20)3-4-10(16)17/h1-2,5,9H,3-4,14H2,(H,15,18)(H,16,17)(H,19,20)/t9-/m0/s1. The highest BCUT2D eigenvalue weighted by atomic mass is 19.1. The number of rotatable bonds is 6. The van der Waals surface area contributed by atoms with Crippen LogP contribution in [0.1, 0.15) is 23.2 Å². The molecule has 5 N–H and O–H groups in total. The third kappa shape index (κ3) is 4.23. The molecule has 1 rings (SSSR count). The molecule has 7 nitrogen and oxygen atoms in total. The molecule has 0 bridgehead atoms. The number of nitrogens with one attached hydrogen (secondary N) is 1. The number of carbonyl (C=O) groups excluding carboxylic acids is 1. The molecule has 0 aromatic heterocycles. The number of nitrogens with two attached hydrogens (primary N) is 1. The maximum Gasteiger partial charge on any atom is 0.326 e. The van der Waals surface area contributed by atoms with Crippen molar-refractivity contribution in [3.8, 4) is 0 Å². The average molecular weight is 284 g/mol. The van der Waals surface area contributed by atoms with Gasteiger partial charge < -0.3 is 21.3 Å². The third-order valence-corrected chi connectivity index (χ3v) is 2.51. The molecule has 0 spiro atoms. The van der Waals surface area contributed by atoms with Crippen LogP contribution >= 0.6 is 0 Å². The third-order valence-electron chi connectivity index (χ3n) is 2.51. The molecule has 0 saturated heterocycles. The Hall–Kier alpha value is -2.64. The first-order valence-electron chi connectivity index (χ1n) is 5.61. The van der Waals surface area contributed by atoms with E-state index >= 15 is 0 Å². The highest BCUT2D eigenvalue weighted by Crippen LogP contribution is 2.13. The van der Waals surface area contributed by atoms with Crippen molar-refractivity contribution >= 4 is 23.5 Å². The quantitative estimate of drug-likeness (QED) is 0.561. The Balaban J connectivity index is 2.82. The maximum atomic E-state index is 13.0. The van der Waals surface area contributed by atoms with Crippen molar-refractivity contribution in [1.29, 1.82) is 0 Å². The van der Waals surface area contributed by atoms with Gasteiger partial charge >= 0.3 is 11.9 Å². The van der Waals surface area contributed by atoms with E-state index in [0.29, 0.717) is 0 Å². The van der Waals surface area contributed by atoms with Crippen molar-refractivity contribution in [1.82, 2.24) is 5.32 Å². The fourth-order valence-corrected chi connectivity index (χ4v) is 1.49. The van der Waals surface area contributed by atoms with Gasteiger partial charge in [0.05, 0.1) is 5.56 Å². The molecule has 0 aliphatic heterocycles. The molecule has 0 unspecified atom stereocenters. The van der Waals surface area contributed by atoms with E-state index in [9.17, 15) is 18.8 Å². The molecule has 8 heteroatoms. The fraction of sp³-hybridized carbons (Fsp3) is 0.250. The normalized spacial score (nSPS) is 11.7. The molecule has 1 aromatic rings. The van der Waals surface area contributed by atoms with Crippen LogP contribution in [0.2, 0.25) is 0 Å². The minimum atomic E-state index is -1.39. The van der Waals surface area contributed by atoms with Gasteiger partial charge in [0.1, 0.15) is 11.9 Å². The zero-order chi connectivity index (χ0) is 15.3. The van der Waals surface area contributed by atoms with Crippen LogP contribution in [0.4, 0.5) is 10.1 Å². The number of benzene rings is 1. The highest BCUT2D eigenvalue weighted by Gasteiger charge is 2.22. The number of amides is 1. The fourth-order valence-electron chi connectivity index (χ4n) is 1.49. The van der Waals surface area contributed by atoms with Crippen LogP contribution in [0, 0.1) is 5.82 Å². The molecule has 0 saturated carbocycles. The average Bonchev–Trinajstić information content (AvgIpc) is 2.36. The van der Waals surface area contributed by atoms with Crippen molar-refractivity contribution in [3.05, 3.63) is 29.6 Å². The summed E-state index contributed by atoms with van der Waals surface area (Å²) in [6.45, 7) is 0. The van der Waals surface area contributed by atoms with Gasteiger partial charge in [0.2, 0.25) is 0 Å². The summed E-state index contributed by atoms with van der Waals surface area (Å²) in [5.41, 5.74) is 5.29. The van der Waals surface area contributed by atoms with Gasteiger partial charge in [-0.15, -0.1) is 0 Å². The Labute approximate surface area is 113 Å². The molecule has 0 aliphatic carbocycles. The van der Waals surface area contributed by atoms with E-state index in [0.717, 1.165) is 12.1 Å². The molecule has 1 atom stereocenters. The first kappa shape index (κ1) is 15.4. The first-order valence-corrected chi connectivity index (χ1v) is 5.61. The summed E-state index contributed by atoms with van der Waals surface area (Å²) < 4.78 is 13.0. The zero-order valence-electron chi connectivity index (χ0n) is 10.3. The lowest BCUT2D eigenvalue weighted by Crippen LogP contribution is -2.41. The first-order chi connectivity index (χ1) is 9.31. The number of aliphatic carboxylic acids is 2. The lowest BCUT2D eigenvalue weighted by Gasteiger charge is -2.14. The van der Waals surface area contributed by atoms with Crippen LogP contribution in [0.15, 0.2) is 18.2 Å². The van der Waals surface area contributed by atoms with Gasteiger partial charge in [-0.05, 0) is 24.6 Å². The van der Waals surface area contributed by atoms with Gasteiger partial charge in [-0.3, -0.25) is 9.59 Å². The Morgan fingerprint density at radius 1 is 1.30 bits per heavy atom. The van der Waals surface area contributed by atoms with Crippen LogP contribution in [0.3, 0.4) is 0 Å². The zero-order valence-corrected chi connectivity index (χ0v) is 10.3. The van der Waals surface area contributed by atoms with Gasteiger partial charge in [-0.25, -0.2) is 9.18 Å². The topological polar surface area (TPSA) is 130 Å². The second-order valence-electron chi connectivity index (χ2n) is 4.03. The van der Waals surface area contributed by atoms with E-state index in [1.54, 1.807) is 0 Å². The lowest BCUT2D eigenvalue weighted by molar-refractivity contribution is -0.140. The number of nitrogen functional groups attached to an aromatic ring is 1. The summed E-state index contributed by atoms with van der Waals surface area (Å²) in [5, 5.41) is 19.5. The van der Waals surface area contributed by atoms with Crippen molar-refractivity contribution in [3.63, 3.8) is 0 Å². The van der Waals surface area contributed by atoms with Gasteiger partial charge in [0.25, 0.3) is 5.91 Å². The van der Waals surface area contributed by atoms with E-state index in [-0.39, 0.29) is 17.7 Å². The second kappa shape index (κ2) is 6.50. The smallest absolute Gasteiger partial charge is 0.326 e. The van der Waals surface area contributed by atoms with Gasteiger partial charge in [-0.2, -0.15) is 0 Å². The molecule has 108 valence electrons. The Morgan fingerprint density at radius 3 is 2.50 bits per heavy atom. The molecule has 0 heterocycles. The number of carbonyl (C=O) groups is 3. The highest BCUT2D eigenvalue weighted by molar-refractivity contribution is 6.00. The molecule has 1 amide bonds. The molecular formula is C12H13FN2O5. The molecule has 0 radical (unpaired) electrons. The van der Waals surface area contributed by atoms with Gasteiger partial charge in [0.15, 0.2) is 0 Å². The molecule has 0 aliphatic rings. The predicted octanol–water partition coefficient (Wildman–Crippen LogP) is 0.456. The second-order valence-corrected chi connectivity index (χ2v) is 4.03. The number of halogens is 1. The molecule has 0 fully saturated rings. The van der Waals surface area contributed by atoms with Gasteiger partial charge in [-0.1, -0.05) is 0 Å². The van der Waals surface area contributed by atoms with Crippen LogP contribution in [0.25, 0.3) is 0 Å². The minimum absolute atomic E-state index is 0.00808. The Bertz CT molecular complexity index is 547. The lowest BCUT2D eigenvalue weighted by atomic mass is 10.1. The number of anilines is 1. The maximum absolute atomic E-state index is 13.0. The summed E-state index contributed by atoms with van der Waals surface area (Å²) in [6, 6.07) is 1.73. The monoisotopic (exact) mass is 284 g/mol. The minimum Gasteiger partial charge on any atom is -0.481 e. The van der Waals surface area contributed by atoms with E-state index in [1.165, 1.54) is 6.07 Å². The Morgan fingerprint density at radius 2 is 1.95 bits per heavy atom. The Kier molecular flexibility index (Phi) is 5.01. The van der Waals surface area contributed by atoms with Crippen LogP contribution < -0.4 is 11.1 Å². The van der Waals surface area contributed by atoms with Crippen LogP contribution in [-0.4, -0.2) is 34.1 Å². The summed E-state index contributed by atoms with van der Waals surface area (Å²) >= 11 is 0.